The summed E-state index contributed by atoms with van der Waals surface area (Å²) < 4.78 is 5.63. The second-order valence-electron chi connectivity index (χ2n) is 5.31. The van der Waals surface area contributed by atoms with Crippen LogP contribution in [0.3, 0.4) is 0 Å². The minimum atomic E-state index is -0.434. The molecular formula is C15H19N3O3. The van der Waals surface area contributed by atoms with Gasteiger partial charge in [0.15, 0.2) is 0 Å². The van der Waals surface area contributed by atoms with Gasteiger partial charge in [0.1, 0.15) is 11.3 Å². The van der Waals surface area contributed by atoms with E-state index < -0.39 is 10.5 Å². The van der Waals surface area contributed by atoms with E-state index >= 15 is 0 Å². The van der Waals surface area contributed by atoms with Gasteiger partial charge < -0.3 is 10.1 Å². The molecule has 2 rings (SSSR count). The normalized spacial score (nSPS) is 24.5. The van der Waals surface area contributed by atoms with Gasteiger partial charge in [-0.3, -0.25) is 10.1 Å². The first-order valence-electron chi connectivity index (χ1n) is 7.09. The Bertz CT molecular complexity index is 538. The minimum absolute atomic E-state index is 0.0526. The van der Waals surface area contributed by atoms with Crippen LogP contribution in [0.4, 0.5) is 5.69 Å². The van der Waals surface area contributed by atoms with Gasteiger partial charge in [-0.25, -0.2) is 0 Å². The molecule has 0 aromatic heterocycles. The quantitative estimate of drug-likeness (QED) is 0.642. The highest BCUT2D eigenvalue weighted by molar-refractivity contribution is 5.35. The summed E-state index contributed by atoms with van der Waals surface area (Å²) in [5.74, 6) is 0.899. The number of ether oxygens (including phenoxy) is 1. The molecule has 112 valence electrons. The molecule has 6 nitrogen and oxygen atoms in total. The average Bonchev–Trinajstić information content (AvgIpc) is 2.91. The Kier molecular flexibility index (Phi) is 4.76. The lowest BCUT2D eigenvalue weighted by Gasteiger charge is -2.28. The van der Waals surface area contributed by atoms with Gasteiger partial charge in [-0.05, 0) is 44.4 Å². The molecule has 0 saturated heterocycles. The minimum Gasteiger partial charge on any atom is -0.494 e. The van der Waals surface area contributed by atoms with Crippen molar-refractivity contribution >= 4 is 5.69 Å². The number of hydrogen-bond donors (Lipinski definition) is 1. The summed E-state index contributed by atoms with van der Waals surface area (Å²) in [6.45, 7) is 0.508. The summed E-state index contributed by atoms with van der Waals surface area (Å²) in [5.41, 5.74) is -0.379. The third kappa shape index (κ3) is 3.31. The Labute approximate surface area is 123 Å². The molecule has 1 N–H and O–H groups in total. The van der Waals surface area contributed by atoms with E-state index in [4.69, 9.17) is 4.74 Å². The molecule has 0 bridgehead atoms. The van der Waals surface area contributed by atoms with Crippen LogP contribution in [0.15, 0.2) is 24.3 Å². The van der Waals surface area contributed by atoms with Crippen LogP contribution < -0.4 is 10.1 Å². The number of benzene rings is 1. The predicted molar refractivity (Wildman–Crippen MR) is 78.0 cm³/mol. The van der Waals surface area contributed by atoms with Crippen LogP contribution in [0, 0.1) is 27.4 Å². The lowest BCUT2D eigenvalue weighted by Crippen LogP contribution is -2.45. The molecule has 21 heavy (non-hydrogen) atoms. The number of nitro groups is 1. The number of hydrogen-bond acceptors (Lipinski definition) is 5. The van der Waals surface area contributed by atoms with Gasteiger partial charge in [-0.1, -0.05) is 6.42 Å². The fraction of sp³-hybridized carbons (Fsp3) is 0.533. The zero-order valence-electron chi connectivity index (χ0n) is 12.0. The molecule has 1 aromatic rings. The molecule has 1 saturated carbocycles. The third-order valence-electron chi connectivity index (χ3n) is 4.25. The highest BCUT2D eigenvalue weighted by Gasteiger charge is 2.41. The maximum absolute atomic E-state index is 10.6. The molecule has 0 amide bonds. The van der Waals surface area contributed by atoms with Crippen LogP contribution >= 0.6 is 0 Å². The Morgan fingerprint density at radius 3 is 2.81 bits per heavy atom. The number of non-ortho nitro benzene ring substituents is 1. The highest BCUT2D eigenvalue weighted by Crippen LogP contribution is 2.37. The number of nitrogens with zero attached hydrogens (tertiary/aromatic N) is 2. The molecule has 0 heterocycles. The third-order valence-corrected chi connectivity index (χ3v) is 4.25. The van der Waals surface area contributed by atoms with E-state index in [0.717, 1.165) is 25.7 Å². The highest BCUT2D eigenvalue weighted by atomic mass is 16.6. The molecule has 2 atom stereocenters. The summed E-state index contributed by atoms with van der Waals surface area (Å²) in [7, 11) is 1.83. The van der Waals surface area contributed by atoms with Crippen molar-refractivity contribution in [1.82, 2.24) is 5.32 Å². The van der Waals surface area contributed by atoms with Gasteiger partial charge in [0.05, 0.1) is 17.6 Å². The van der Waals surface area contributed by atoms with Crippen molar-refractivity contribution in [3.8, 4) is 11.8 Å². The molecule has 6 heteroatoms. The van der Waals surface area contributed by atoms with Crippen LogP contribution in [0.25, 0.3) is 0 Å². The topological polar surface area (TPSA) is 88.2 Å². The van der Waals surface area contributed by atoms with Gasteiger partial charge >= 0.3 is 0 Å². The maximum Gasteiger partial charge on any atom is 0.269 e. The van der Waals surface area contributed by atoms with Crippen molar-refractivity contribution in [2.45, 2.75) is 31.2 Å². The fourth-order valence-corrected chi connectivity index (χ4v) is 2.98. The van der Waals surface area contributed by atoms with Crippen molar-refractivity contribution in [3.63, 3.8) is 0 Å². The average molecular weight is 289 g/mol. The van der Waals surface area contributed by atoms with Gasteiger partial charge in [0, 0.05) is 12.1 Å². The molecule has 1 aromatic carbocycles. The SMILES string of the molecule is CNC1(C#N)CCCC1CCOc1ccc([N+](=O)[O-])cc1. The van der Waals surface area contributed by atoms with E-state index in [0.29, 0.717) is 12.4 Å². The lowest BCUT2D eigenvalue weighted by atomic mass is 9.86. The first-order chi connectivity index (χ1) is 10.1. The number of rotatable bonds is 6. The van der Waals surface area contributed by atoms with E-state index in [1.807, 2.05) is 7.05 Å². The van der Waals surface area contributed by atoms with E-state index in [-0.39, 0.29) is 11.6 Å². The summed E-state index contributed by atoms with van der Waals surface area (Å²) >= 11 is 0. The molecule has 0 spiro atoms. The van der Waals surface area contributed by atoms with Crippen LogP contribution in [0.1, 0.15) is 25.7 Å². The maximum atomic E-state index is 10.6. The monoisotopic (exact) mass is 289 g/mol. The van der Waals surface area contributed by atoms with Gasteiger partial charge in [0.25, 0.3) is 5.69 Å². The molecular weight excluding hydrogens is 270 g/mol. The van der Waals surface area contributed by atoms with Gasteiger partial charge in [-0.15, -0.1) is 0 Å². The van der Waals surface area contributed by atoms with E-state index in [9.17, 15) is 15.4 Å². The molecule has 1 aliphatic carbocycles. The van der Waals surface area contributed by atoms with Crippen molar-refractivity contribution in [1.29, 1.82) is 5.26 Å². The molecule has 1 fully saturated rings. The molecule has 1 aliphatic rings. The largest absolute Gasteiger partial charge is 0.494 e. The standard InChI is InChI=1S/C15H19N3O3/c1-17-15(11-16)9-2-3-12(15)8-10-21-14-6-4-13(5-7-14)18(19)20/h4-7,12,17H,2-3,8-10H2,1H3. The first-order valence-corrected chi connectivity index (χ1v) is 7.09. The zero-order chi connectivity index (χ0) is 15.3. The van der Waals surface area contributed by atoms with Gasteiger partial charge in [0.2, 0.25) is 0 Å². The Hall–Kier alpha value is -2.13. The summed E-state index contributed by atoms with van der Waals surface area (Å²) in [4.78, 5) is 10.1. The van der Waals surface area contributed by atoms with Gasteiger partial charge in [-0.2, -0.15) is 5.26 Å². The van der Waals surface area contributed by atoms with Crippen molar-refractivity contribution in [2.24, 2.45) is 5.92 Å². The zero-order valence-corrected chi connectivity index (χ0v) is 12.0. The van der Waals surface area contributed by atoms with Crippen LogP contribution in [0.2, 0.25) is 0 Å². The number of nitriles is 1. The summed E-state index contributed by atoms with van der Waals surface area (Å²) in [6, 6.07) is 8.46. The van der Waals surface area contributed by atoms with Crippen LogP contribution in [-0.2, 0) is 0 Å². The predicted octanol–water partition coefficient (Wildman–Crippen LogP) is 2.65. The summed E-state index contributed by atoms with van der Waals surface area (Å²) in [6.07, 6.45) is 3.75. The summed E-state index contributed by atoms with van der Waals surface area (Å²) in [5, 5.41) is 23.1. The Balaban J connectivity index is 1.87. The van der Waals surface area contributed by atoms with E-state index in [1.54, 1.807) is 12.1 Å². The second-order valence-corrected chi connectivity index (χ2v) is 5.31. The number of nitro benzene ring substituents is 1. The Morgan fingerprint density at radius 1 is 1.52 bits per heavy atom. The Morgan fingerprint density at radius 2 is 2.24 bits per heavy atom. The van der Waals surface area contributed by atoms with Crippen molar-refractivity contribution in [3.05, 3.63) is 34.4 Å². The smallest absolute Gasteiger partial charge is 0.269 e. The van der Waals surface area contributed by atoms with E-state index in [2.05, 4.69) is 11.4 Å². The fourth-order valence-electron chi connectivity index (χ4n) is 2.98. The molecule has 0 radical (unpaired) electrons. The molecule has 0 aliphatic heterocycles. The first kappa shape index (κ1) is 15.3. The van der Waals surface area contributed by atoms with Crippen LogP contribution in [-0.4, -0.2) is 24.1 Å². The van der Waals surface area contributed by atoms with E-state index in [1.165, 1.54) is 12.1 Å². The number of nitrogens with one attached hydrogen (secondary N) is 1. The molecule has 2 unspecified atom stereocenters. The second kappa shape index (κ2) is 6.55. The lowest BCUT2D eigenvalue weighted by molar-refractivity contribution is -0.384. The van der Waals surface area contributed by atoms with Crippen LogP contribution in [0.5, 0.6) is 5.75 Å². The van der Waals surface area contributed by atoms with Crippen molar-refractivity contribution < 1.29 is 9.66 Å². The van der Waals surface area contributed by atoms with Crippen molar-refractivity contribution in [2.75, 3.05) is 13.7 Å².